The number of aryl methyl sites for hydroxylation is 4. The van der Waals surface area contributed by atoms with Crippen LogP contribution in [0.5, 0.6) is 11.5 Å². The lowest BCUT2D eigenvalue weighted by Crippen LogP contribution is -2.03. The molecule has 0 aliphatic carbocycles. The van der Waals surface area contributed by atoms with Crippen molar-refractivity contribution in [2.24, 2.45) is 0 Å². The van der Waals surface area contributed by atoms with Crippen molar-refractivity contribution in [2.45, 2.75) is 34.1 Å². The van der Waals surface area contributed by atoms with E-state index in [1.54, 1.807) is 38.1 Å². The van der Waals surface area contributed by atoms with E-state index in [0.717, 1.165) is 11.1 Å². The molecule has 0 unspecified atom stereocenters. The molecule has 0 aliphatic rings. The molecule has 27 heavy (non-hydrogen) atoms. The largest absolute Gasteiger partial charge is 0.524 e. The minimum Gasteiger partial charge on any atom is -0.404 e. The molecule has 2 rings (SSSR count). The van der Waals surface area contributed by atoms with E-state index in [9.17, 15) is 28.7 Å². The predicted octanol–water partition coefficient (Wildman–Crippen LogP) is 3.45. The van der Waals surface area contributed by atoms with E-state index in [1.165, 1.54) is 0 Å². The molecule has 0 amide bonds. The third kappa shape index (κ3) is 6.18. The lowest BCUT2D eigenvalue weighted by molar-refractivity contribution is 0.280. The maximum absolute atomic E-state index is 11.3. The molecule has 0 saturated carbocycles. The van der Waals surface area contributed by atoms with Gasteiger partial charge < -0.3 is 9.05 Å². The van der Waals surface area contributed by atoms with Crippen LogP contribution in [0.1, 0.15) is 33.4 Å². The van der Waals surface area contributed by atoms with Crippen molar-refractivity contribution in [1.82, 2.24) is 0 Å². The fraction of sp³-hybridized carbons (Fsp3) is 0.294. The highest BCUT2D eigenvalue weighted by atomic mass is 31.2. The molecular weight excluding hydrogens is 394 g/mol. The van der Waals surface area contributed by atoms with E-state index < -0.39 is 15.6 Å². The van der Waals surface area contributed by atoms with Crippen molar-refractivity contribution in [3.63, 3.8) is 0 Å². The zero-order chi connectivity index (χ0) is 20.6. The summed E-state index contributed by atoms with van der Waals surface area (Å²) >= 11 is 0. The van der Waals surface area contributed by atoms with Crippen LogP contribution in [0.2, 0.25) is 0 Å². The summed E-state index contributed by atoms with van der Waals surface area (Å²) in [6.07, 6.45) is 0.107. The topological polar surface area (TPSA) is 134 Å². The number of phosphoric acid groups is 2. The van der Waals surface area contributed by atoms with Gasteiger partial charge in [-0.25, -0.2) is 9.13 Å². The minimum absolute atomic E-state index is 0.0372. The Hall–Kier alpha value is -1.66. The van der Waals surface area contributed by atoms with E-state index in [-0.39, 0.29) is 17.9 Å². The second-order valence-corrected chi connectivity index (χ2v) is 8.81. The van der Waals surface area contributed by atoms with E-state index in [1.807, 2.05) is 13.8 Å². The van der Waals surface area contributed by atoms with Crippen LogP contribution in [0, 0.1) is 27.7 Å². The molecule has 148 valence electrons. The fourth-order valence-electron chi connectivity index (χ4n) is 3.05. The summed E-state index contributed by atoms with van der Waals surface area (Å²) in [4.78, 5) is 36.8. The van der Waals surface area contributed by atoms with Crippen LogP contribution >= 0.6 is 15.6 Å². The normalized spacial score (nSPS) is 12.1. The molecular formula is C17H22O8P2. The monoisotopic (exact) mass is 416 g/mol. The van der Waals surface area contributed by atoms with Crippen LogP contribution in [-0.2, 0) is 15.6 Å². The van der Waals surface area contributed by atoms with Gasteiger partial charge in [-0.3, -0.25) is 19.6 Å². The average molecular weight is 416 g/mol. The quantitative estimate of drug-likeness (QED) is 0.526. The second-order valence-electron chi connectivity index (χ2n) is 6.48. The molecule has 2 aromatic carbocycles. The highest BCUT2D eigenvalue weighted by molar-refractivity contribution is 7.47. The summed E-state index contributed by atoms with van der Waals surface area (Å²) in [6.45, 7) is 6.98. The number of hydrogen-bond donors (Lipinski definition) is 4. The number of rotatable bonds is 6. The third-order valence-electron chi connectivity index (χ3n) is 3.79. The van der Waals surface area contributed by atoms with Crippen LogP contribution in [0.4, 0.5) is 0 Å². The Kier molecular flexibility index (Phi) is 6.22. The summed E-state index contributed by atoms with van der Waals surface area (Å²) in [5.41, 5.74) is 3.71. The molecule has 4 N–H and O–H groups in total. The van der Waals surface area contributed by atoms with Crippen LogP contribution in [0.15, 0.2) is 24.3 Å². The summed E-state index contributed by atoms with van der Waals surface area (Å²) in [7, 11) is -9.56. The molecule has 0 radical (unpaired) electrons. The first kappa shape index (κ1) is 21.6. The van der Waals surface area contributed by atoms with Crippen molar-refractivity contribution in [3.05, 3.63) is 57.6 Å². The predicted molar refractivity (Wildman–Crippen MR) is 100.0 cm³/mol. The van der Waals surface area contributed by atoms with E-state index in [4.69, 9.17) is 9.05 Å². The summed E-state index contributed by atoms with van der Waals surface area (Å²) in [5, 5.41) is 0. The van der Waals surface area contributed by atoms with E-state index in [2.05, 4.69) is 0 Å². The first-order chi connectivity index (χ1) is 12.2. The molecule has 0 heterocycles. The second kappa shape index (κ2) is 7.76. The summed E-state index contributed by atoms with van der Waals surface area (Å²) in [5.74, 6) is 0.0745. The van der Waals surface area contributed by atoms with Gasteiger partial charge in [0, 0.05) is 6.42 Å². The van der Waals surface area contributed by atoms with Crippen LogP contribution in [0.25, 0.3) is 0 Å². The van der Waals surface area contributed by atoms with Gasteiger partial charge in [0.05, 0.1) is 0 Å². The molecule has 8 nitrogen and oxygen atoms in total. The molecule has 0 bridgehead atoms. The molecule has 0 saturated heterocycles. The van der Waals surface area contributed by atoms with Crippen molar-refractivity contribution < 1.29 is 37.8 Å². The number of benzene rings is 2. The highest BCUT2D eigenvalue weighted by Gasteiger charge is 2.24. The Morgan fingerprint density at radius 1 is 0.704 bits per heavy atom. The van der Waals surface area contributed by atoms with Gasteiger partial charge in [-0.05, 0) is 49.9 Å². The van der Waals surface area contributed by atoms with Gasteiger partial charge in [0.2, 0.25) is 0 Å². The lowest BCUT2D eigenvalue weighted by Gasteiger charge is -2.19. The van der Waals surface area contributed by atoms with Gasteiger partial charge in [0.1, 0.15) is 11.5 Å². The smallest absolute Gasteiger partial charge is 0.404 e. The van der Waals surface area contributed by atoms with Crippen LogP contribution in [-0.4, -0.2) is 19.6 Å². The van der Waals surface area contributed by atoms with Gasteiger partial charge in [-0.2, -0.15) is 0 Å². The minimum atomic E-state index is -4.78. The standard InChI is InChI=1S/C17H22O8P2/c1-10-5-12(3)16(24-26(18,19)20)14(7-10)9-15-8-11(2)6-13(4)17(15)25-27(21,22)23/h5-8H,9H2,1-4H3,(H2,18,19,20)(H2,21,22,23). The number of hydrogen-bond acceptors (Lipinski definition) is 4. The van der Waals surface area contributed by atoms with Crippen LogP contribution < -0.4 is 9.05 Å². The molecule has 0 aliphatic heterocycles. The molecule has 0 fully saturated rings. The zero-order valence-corrected chi connectivity index (χ0v) is 17.1. The van der Waals surface area contributed by atoms with Crippen molar-refractivity contribution in [1.29, 1.82) is 0 Å². The molecule has 2 aromatic rings. The number of phosphoric ester groups is 2. The molecule has 0 spiro atoms. The Morgan fingerprint density at radius 2 is 1.04 bits per heavy atom. The van der Waals surface area contributed by atoms with Crippen molar-refractivity contribution >= 4 is 15.6 Å². The lowest BCUT2D eigenvalue weighted by atomic mass is 9.96. The Balaban J connectivity index is 2.60. The fourth-order valence-corrected chi connectivity index (χ4v) is 4.05. The van der Waals surface area contributed by atoms with Gasteiger partial charge >= 0.3 is 15.6 Å². The highest BCUT2D eigenvalue weighted by Crippen LogP contribution is 2.44. The van der Waals surface area contributed by atoms with Gasteiger partial charge in [0.25, 0.3) is 0 Å². The Morgan fingerprint density at radius 3 is 1.33 bits per heavy atom. The average Bonchev–Trinajstić information content (AvgIpc) is 2.44. The molecule has 0 atom stereocenters. The maximum Gasteiger partial charge on any atom is 0.524 e. The Labute approximate surface area is 157 Å². The Bertz CT molecular complexity index is 880. The van der Waals surface area contributed by atoms with Crippen LogP contribution in [0.3, 0.4) is 0 Å². The first-order valence-corrected chi connectivity index (χ1v) is 11.0. The molecule has 10 heteroatoms. The van der Waals surface area contributed by atoms with Gasteiger partial charge in [0.15, 0.2) is 0 Å². The SMILES string of the molecule is Cc1cc(C)c(OP(=O)(O)O)c(Cc2cc(C)cc(C)c2OP(=O)(O)O)c1. The zero-order valence-electron chi connectivity index (χ0n) is 15.3. The van der Waals surface area contributed by atoms with Gasteiger partial charge in [-0.15, -0.1) is 0 Å². The summed E-state index contributed by atoms with van der Waals surface area (Å²) in [6, 6.07) is 6.86. The van der Waals surface area contributed by atoms with Crippen molar-refractivity contribution in [3.8, 4) is 11.5 Å². The molecule has 0 aromatic heterocycles. The first-order valence-electron chi connectivity index (χ1n) is 7.96. The summed E-state index contributed by atoms with van der Waals surface area (Å²) < 4.78 is 32.4. The van der Waals surface area contributed by atoms with E-state index >= 15 is 0 Å². The third-order valence-corrected chi connectivity index (χ3v) is 4.63. The maximum atomic E-state index is 11.3. The van der Waals surface area contributed by atoms with Crippen molar-refractivity contribution in [2.75, 3.05) is 0 Å². The van der Waals surface area contributed by atoms with E-state index in [0.29, 0.717) is 22.3 Å². The van der Waals surface area contributed by atoms with Gasteiger partial charge in [-0.1, -0.05) is 35.4 Å².